The lowest BCUT2D eigenvalue weighted by Gasteiger charge is -2.09. The Balaban J connectivity index is 3.03. The summed E-state index contributed by atoms with van der Waals surface area (Å²) in [6.07, 6.45) is 4.29. The summed E-state index contributed by atoms with van der Waals surface area (Å²) in [4.78, 5) is 0. The number of allylic oxidation sites excluding steroid dienone is 1. The van der Waals surface area contributed by atoms with Crippen LogP contribution in [0.15, 0.2) is 12.7 Å². The van der Waals surface area contributed by atoms with E-state index in [0.717, 1.165) is 13.0 Å². The Morgan fingerprint density at radius 3 is 2.91 bits per heavy atom. The van der Waals surface area contributed by atoms with Crippen LogP contribution >= 0.6 is 11.8 Å². The van der Waals surface area contributed by atoms with Crippen LogP contribution in [0, 0.1) is 0 Å². The van der Waals surface area contributed by atoms with Gasteiger partial charge in [-0.1, -0.05) is 6.08 Å². The Morgan fingerprint density at radius 2 is 2.36 bits per heavy atom. The van der Waals surface area contributed by atoms with E-state index in [1.165, 1.54) is 12.2 Å². The molecule has 0 fully saturated rings. The van der Waals surface area contributed by atoms with E-state index in [1.54, 1.807) is 0 Å². The first-order valence-corrected chi connectivity index (χ1v) is 5.20. The molecule has 0 heterocycles. The van der Waals surface area contributed by atoms with Crippen LogP contribution in [-0.4, -0.2) is 17.8 Å². The third kappa shape index (κ3) is 7.95. The lowest BCUT2D eigenvalue weighted by Crippen LogP contribution is -2.03. The highest BCUT2D eigenvalue weighted by atomic mass is 32.2. The molecule has 11 heavy (non-hydrogen) atoms. The van der Waals surface area contributed by atoms with Gasteiger partial charge in [0.15, 0.2) is 0 Å². The van der Waals surface area contributed by atoms with Crippen molar-refractivity contribution in [3.63, 3.8) is 0 Å². The van der Waals surface area contributed by atoms with Gasteiger partial charge in [0.05, 0.1) is 5.44 Å². The highest BCUT2D eigenvalue weighted by Gasteiger charge is 1.98. The Hall–Kier alpha value is 0.0500. The van der Waals surface area contributed by atoms with Gasteiger partial charge in [-0.05, 0) is 32.4 Å². The summed E-state index contributed by atoms with van der Waals surface area (Å²) in [6.45, 7) is 8.62. The second kappa shape index (κ2) is 8.15. The topological polar surface area (TPSA) is 9.23 Å². The molecule has 0 aliphatic carbocycles. The highest BCUT2D eigenvalue weighted by molar-refractivity contribution is 7.99. The zero-order valence-corrected chi connectivity index (χ0v) is 8.32. The number of rotatable bonds is 7. The molecule has 0 saturated carbocycles. The fourth-order valence-electron chi connectivity index (χ4n) is 0.760. The van der Waals surface area contributed by atoms with Gasteiger partial charge >= 0.3 is 0 Å². The van der Waals surface area contributed by atoms with Gasteiger partial charge in [0.1, 0.15) is 0 Å². The Kier molecular flexibility index (Phi) is 8.19. The van der Waals surface area contributed by atoms with Crippen LogP contribution < -0.4 is 0 Å². The Bertz CT molecular complexity index is 93.6. The summed E-state index contributed by atoms with van der Waals surface area (Å²) in [6, 6.07) is 0. The van der Waals surface area contributed by atoms with Gasteiger partial charge in [-0.3, -0.25) is 0 Å². The summed E-state index contributed by atoms with van der Waals surface area (Å²) in [5, 5.41) is 0. The summed E-state index contributed by atoms with van der Waals surface area (Å²) >= 11 is 1.87. The van der Waals surface area contributed by atoms with E-state index in [-0.39, 0.29) is 0 Å². The van der Waals surface area contributed by atoms with Crippen LogP contribution in [-0.2, 0) is 4.74 Å². The maximum Gasteiger partial charge on any atom is 0.0999 e. The molecule has 66 valence electrons. The van der Waals surface area contributed by atoms with E-state index in [2.05, 4.69) is 13.5 Å². The van der Waals surface area contributed by atoms with Crippen LogP contribution in [0.4, 0.5) is 0 Å². The van der Waals surface area contributed by atoms with Crippen molar-refractivity contribution in [3.05, 3.63) is 12.7 Å². The molecule has 0 spiro atoms. The molecule has 0 bridgehead atoms. The molecule has 0 amide bonds. The number of hydrogen-bond donors (Lipinski definition) is 0. The summed E-state index contributed by atoms with van der Waals surface area (Å²) in [5.41, 5.74) is 0.352. The van der Waals surface area contributed by atoms with Gasteiger partial charge in [0.2, 0.25) is 0 Å². The molecule has 0 N–H and O–H groups in total. The summed E-state index contributed by atoms with van der Waals surface area (Å²) in [7, 11) is 0. The molecular formula is C9H18OS. The Morgan fingerprint density at radius 1 is 1.64 bits per heavy atom. The van der Waals surface area contributed by atoms with Crippen LogP contribution in [0.25, 0.3) is 0 Å². The summed E-state index contributed by atoms with van der Waals surface area (Å²) in [5.74, 6) is 1.17. The highest BCUT2D eigenvalue weighted by Crippen LogP contribution is 2.13. The predicted octanol–water partition coefficient (Wildman–Crippen LogP) is 3.07. The zero-order chi connectivity index (χ0) is 8.53. The van der Waals surface area contributed by atoms with Crippen LogP contribution in [0.2, 0.25) is 0 Å². The third-order valence-electron chi connectivity index (χ3n) is 1.31. The second-order valence-corrected chi connectivity index (χ2v) is 3.73. The fourth-order valence-corrected chi connectivity index (χ4v) is 1.66. The van der Waals surface area contributed by atoms with Gasteiger partial charge < -0.3 is 4.74 Å². The lowest BCUT2D eigenvalue weighted by molar-refractivity contribution is 0.137. The molecule has 0 radical (unpaired) electrons. The molecule has 0 rings (SSSR count). The molecular weight excluding hydrogens is 156 g/mol. The van der Waals surface area contributed by atoms with Crippen LogP contribution in [0.3, 0.4) is 0 Å². The molecule has 0 aliphatic heterocycles. The maximum absolute atomic E-state index is 5.36. The first-order chi connectivity index (χ1) is 5.31. The van der Waals surface area contributed by atoms with E-state index in [9.17, 15) is 0 Å². The molecule has 1 unspecified atom stereocenters. The monoisotopic (exact) mass is 174 g/mol. The van der Waals surface area contributed by atoms with Gasteiger partial charge in [0.25, 0.3) is 0 Å². The minimum Gasteiger partial charge on any atom is -0.368 e. The van der Waals surface area contributed by atoms with Gasteiger partial charge in [-0.2, -0.15) is 0 Å². The molecule has 0 aromatic heterocycles. The predicted molar refractivity (Wildman–Crippen MR) is 53.0 cm³/mol. The number of ether oxygens (including phenoxy) is 1. The number of thioether (sulfide) groups is 1. The van der Waals surface area contributed by atoms with Gasteiger partial charge in [-0.25, -0.2) is 0 Å². The Labute approximate surface area is 74.2 Å². The fraction of sp³-hybridized carbons (Fsp3) is 0.778. The third-order valence-corrected chi connectivity index (χ3v) is 2.44. The first-order valence-electron chi connectivity index (χ1n) is 4.15. The van der Waals surface area contributed by atoms with Crippen molar-refractivity contribution in [2.24, 2.45) is 0 Å². The smallest absolute Gasteiger partial charge is 0.0999 e. The molecule has 0 aromatic rings. The van der Waals surface area contributed by atoms with E-state index in [4.69, 9.17) is 4.74 Å². The molecule has 1 nitrogen and oxygen atoms in total. The van der Waals surface area contributed by atoms with E-state index in [0.29, 0.717) is 5.44 Å². The number of hydrogen-bond acceptors (Lipinski definition) is 2. The maximum atomic E-state index is 5.36. The van der Waals surface area contributed by atoms with Crippen molar-refractivity contribution >= 4 is 11.8 Å². The van der Waals surface area contributed by atoms with Crippen molar-refractivity contribution in [3.8, 4) is 0 Å². The molecule has 2 heteroatoms. The van der Waals surface area contributed by atoms with Crippen LogP contribution in [0.5, 0.6) is 0 Å². The minimum atomic E-state index is 0.352. The average molecular weight is 174 g/mol. The van der Waals surface area contributed by atoms with E-state index >= 15 is 0 Å². The quantitative estimate of drug-likeness (QED) is 0.333. The van der Waals surface area contributed by atoms with Crippen molar-refractivity contribution in [1.29, 1.82) is 0 Å². The second-order valence-electron chi connectivity index (χ2n) is 2.32. The lowest BCUT2D eigenvalue weighted by atomic mass is 10.3. The SMILES string of the molecule is C=CCCCSC(C)OCC. The standard InChI is InChI=1S/C9H18OS/c1-4-6-7-8-11-9(3)10-5-2/h4,9H,1,5-8H2,2-3H3. The summed E-state index contributed by atoms with van der Waals surface area (Å²) < 4.78 is 5.36. The van der Waals surface area contributed by atoms with Crippen molar-refractivity contribution in [1.82, 2.24) is 0 Å². The first kappa shape index (κ1) is 11.1. The molecule has 0 aromatic carbocycles. The van der Waals surface area contributed by atoms with Crippen molar-refractivity contribution < 1.29 is 4.74 Å². The normalized spacial score (nSPS) is 12.9. The van der Waals surface area contributed by atoms with Crippen LogP contribution in [0.1, 0.15) is 26.7 Å². The van der Waals surface area contributed by atoms with E-state index in [1.807, 2.05) is 24.8 Å². The van der Waals surface area contributed by atoms with Crippen molar-refractivity contribution in [2.45, 2.75) is 32.1 Å². The average Bonchev–Trinajstić information content (AvgIpc) is 1.99. The number of unbranched alkanes of at least 4 members (excludes halogenated alkanes) is 1. The van der Waals surface area contributed by atoms with Gasteiger partial charge in [-0.15, -0.1) is 18.3 Å². The minimum absolute atomic E-state index is 0.352. The van der Waals surface area contributed by atoms with Crippen molar-refractivity contribution in [2.75, 3.05) is 12.4 Å². The zero-order valence-electron chi connectivity index (χ0n) is 7.51. The molecule has 0 saturated heterocycles. The van der Waals surface area contributed by atoms with Gasteiger partial charge in [0, 0.05) is 6.61 Å². The molecule has 0 aliphatic rings. The largest absolute Gasteiger partial charge is 0.368 e. The van der Waals surface area contributed by atoms with E-state index < -0.39 is 0 Å². The molecule has 1 atom stereocenters.